The van der Waals surface area contributed by atoms with Gasteiger partial charge in [0.25, 0.3) is 5.56 Å². The van der Waals surface area contributed by atoms with Gasteiger partial charge in [0, 0.05) is 0 Å². The largest absolute Gasteiger partial charge is 0.485 e. The first-order valence-electron chi connectivity index (χ1n) is 7.41. The van der Waals surface area contributed by atoms with Gasteiger partial charge in [0.15, 0.2) is 23.7 Å². The number of fused-ring (bicyclic) bond motifs is 1. The van der Waals surface area contributed by atoms with Crippen LogP contribution in [0.1, 0.15) is 17.5 Å². The SMILES string of the molecule is C=C/C(=C\C=C(/C)COc1c(F)ccc2nc(C=O)[nH]c(=O)c12)C(=O)O. The molecule has 0 spiro atoms. The number of aromatic nitrogens is 2. The van der Waals surface area contributed by atoms with Gasteiger partial charge in [-0.05, 0) is 30.7 Å². The van der Waals surface area contributed by atoms with E-state index in [2.05, 4.69) is 16.5 Å². The molecule has 0 aliphatic carbocycles. The molecule has 2 aromatic rings. The number of nitrogens with one attached hydrogen (secondary N) is 1. The van der Waals surface area contributed by atoms with Gasteiger partial charge in [-0.15, -0.1) is 0 Å². The zero-order valence-electron chi connectivity index (χ0n) is 13.8. The number of hydrogen-bond donors (Lipinski definition) is 2. The van der Waals surface area contributed by atoms with Crippen molar-refractivity contribution in [3.8, 4) is 5.75 Å². The lowest BCUT2D eigenvalue weighted by Crippen LogP contribution is -2.14. The molecule has 7 nitrogen and oxygen atoms in total. The third kappa shape index (κ3) is 4.10. The molecule has 134 valence electrons. The molecule has 8 heteroatoms. The molecule has 0 amide bonds. The van der Waals surface area contributed by atoms with Gasteiger partial charge in [-0.1, -0.05) is 18.7 Å². The van der Waals surface area contributed by atoms with E-state index < -0.39 is 17.3 Å². The van der Waals surface area contributed by atoms with Gasteiger partial charge < -0.3 is 14.8 Å². The Balaban J connectivity index is 2.35. The lowest BCUT2D eigenvalue weighted by Gasteiger charge is -2.10. The maximum absolute atomic E-state index is 14.1. The zero-order chi connectivity index (χ0) is 19.3. The number of aliphatic carboxylic acids is 1. The van der Waals surface area contributed by atoms with Crippen LogP contribution in [0.25, 0.3) is 10.9 Å². The van der Waals surface area contributed by atoms with Crippen LogP contribution in [0, 0.1) is 5.82 Å². The van der Waals surface area contributed by atoms with E-state index in [1.54, 1.807) is 6.92 Å². The summed E-state index contributed by atoms with van der Waals surface area (Å²) in [6, 6.07) is 2.35. The summed E-state index contributed by atoms with van der Waals surface area (Å²) in [5.74, 6) is -2.36. The Morgan fingerprint density at radius 1 is 1.42 bits per heavy atom. The molecule has 0 aliphatic heterocycles. The molecule has 0 bridgehead atoms. The van der Waals surface area contributed by atoms with Crippen molar-refractivity contribution in [2.75, 3.05) is 6.61 Å². The maximum atomic E-state index is 14.1. The van der Waals surface area contributed by atoms with Crippen molar-refractivity contribution < 1.29 is 23.8 Å². The Morgan fingerprint density at radius 2 is 2.15 bits per heavy atom. The minimum atomic E-state index is -1.13. The number of H-pyrrole nitrogens is 1. The fourth-order valence-electron chi connectivity index (χ4n) is 2.09. The summed E-state index contributed by atoms with van der Waals surface area (Å²) < 4.78 is 19.5. The number of rotatable bonds is 7. The molecule has 2 N–H and O–H groups in total. The molecule has 0 radical (unpaired) electrons. The second-order valence-corrected chi connectivity index (χ2v) is 5.27. The van der Waals surface area contributed by atoms with Crippen molar-refractivity contribution in [3.05, 3.63) is 70.1 Å². The van der Waals surface area contributed by atoms with Crippen molar-refractivity contribution in [2.45, 2.75) is 6.92 Å². The number of nitrogens with zero attached hydrogens (tertiary/aromatic N) is 1. The molecule has 0 aliphatic rings. The van der Waals surface area contributed by atoms with Crippen LogP contribution < -0.4 is 10.3 Å². The van der Waals surface area contributed by atoms with Crippen molar-refractivity contribution in [1.29, 1.82) is 0 Å². The predicted octanol–water partition coefficient (Wildman–Crippen LogP) is 2.40. The van der Waals surface area contributed by atoms with E-state index in [1.807, 2.05) is 0 Å². The van der Waals surface area contributed by atoms with Gasteiger partial charge in [0.05, 0.1) is 11.1 Å². The normalized spacial score (nSPS) is 12.1. The second kappa shape index (κ2) is 8.02. The molecule has 0 fully saturated rings. The van der Waals surface area contributed by atoms with Crippen LogP contribution in [0.4, 0.5) is 4.39 Å². The van der Waals surface area contributed by atoms with Gasteiger partial charge in [0.2, 0.25) is 0 Å². The number of aromatic amines is 1. The minimum Gasteiger partial charge on any atom is -0.485 e. The van der Waals surface area contributed by atoms with Crippen molar-refractivity contribution in [3.63, 3.8) is 0 Å². The van der Waals surface area contributed by atoms with E-state index in [1.165, 1.54) is 24.3 Å². The smallest absolute Gasteiger partial charge is 0.335 e. The number of carboxylic acid groups (broad SMARTS) is 1. The molecule has 26 heavy (non-hydrogen) atoms. The fourth-order valence-corrected chi connectivity index (χ4v) is 2.09. The van der Waals surface area contributed by atoms with Crippen LogP contribution in [0.5, 0.6) is 5.75 Å². The second-order valence-electron chi connectivity index (χ2n) is 5.27. The van der Waals surface area contributed by atoms with E-state index >= 15 is 0 Å². The van der Waals surface area contributed by atoms with E-state index in [0.717, 1.165) is 6.07 Å². The Hall–Kier alpha value is -3.55. The summed E-state index contributed by atoms with van der Waals surface area (Å²) in [4.78, 5) is 39.9. The number of hydrogen-bond acceptors (Lipinski definition) is 5. The highest BCUT2D eigenvalue weighted by Crippen LogP contribution is 2.25. The average molecular weight is 358 g/mol. The van der Waals surface area contributed by atoms with Gasteiger partial charge in [-0.3, -0.25) is 9.59 Å². The number of allylic oxidation sites excluding steroid dienone is 2. The summed E-state index contributed by atoms with van der Waals surface area (Å²) in [5.41, 5.74) is -0.0137. The molecule has 0 atom stereocenters. The number of carbonyl (C=O) groups is 2. The first-order valence-corrected chi connectivity index (χ1v) is 7.41. The van der Waals surface area contributed by atoms with Crippen molar-refractivity contribution in [1.82, 2.24) is 9.97 Å². The van der Waals surface area contributed by atoms with E-state index in [4.69, 9.17) is 9.84 Å². The predicted molar refractivity (Wildman–Crippen MR) is 92.9 cm³/mol. The summed E-state index contributed by atoms with van der Waals surface area (Å²) in [6.45, 7) is 4.95. The molecule has 0 unspecified atom stereocenters. The van der Waals surface area contributed by atoms with Gasteiger partial charge >= 0.3 is 5.97 Å². The van der Waals surface area contributed by atoms with E-state index in [9.17, 15) is 18.8 Å². The van der Waals surface area contributed by atoms with Crippen molar-refractivity contribution in [2.24, 2.45) is 0 Å². The molecule has 1 aromatic heterocycles. The zero-order valence-corrected chi connectivity index (χ0v) is 13.8. The van der Waals surface area contributed by atoms with Crippen molar-refractivity contribution >= 4 is 23.2 Å². The molecule has 2 rings (SSSR count). The van der Waals surface area contributed by atoms with Crippen LogP contribution >= 0.6 is 0 Å². The van der Waals surface area contributed by atoms with Gasteiger partial charge in [0.1, 0.15) is 12.0 Å². The first-order chi connectivity index (χ1) is 12.4. The van der Waals surface area contributed by atoms with Crippen LogP contribution in [0.15, 0.2) is 52.9 Å². The van der Waals surface area contributed by atoms with Crippen LogP contribution in [-0.4, -0.2) is 33.9 Å². The average Bonchev–Trinajstić information content (AvgIpc) is 2.61. The summed E-state index contributed by atoms with van der Waals surface area (Å²) in [6.07, 6.45) is 4.39. The highest BCUT2D eigenvalue weighted by molar-refractivity contribution is 5.90. The van der Waals surface area contributed by atoms with Crippen LogP contribution in [0.3, 0.4) is 0 Å². The third-order valence-corrected chi connectivity index (χ3v) is 3.37. The Kier molecular flexibility index (Phi) is 5.79. The summed E-state index contributed by atoms with van der Waals surface area (Å²) in [5, 5.41) is 8.79. The Morgan fingerprint density at radius 3 is 2.77 bits per heavy atom. The number of carbonyl (C=O) groups excluding carboxylic acids is 1. The van der Waals surface area contributed by atoms with Gasteiger partial charge in [-0.25, -0.2) is 14.2 Å². The molecular weight excluding hydrogens is 343 g/mol. The highest BCUT2D eigenvalue weighted by atomic mass is 19.1. The Bertz CT molecular complexity index is 1000. The minimum absolute atomic E-state index is 0.0114. The molecule has 0 saturated heterocycles. The molecule has 0 saturated carbocycles. The molecule has 1 aromatic carbocycles. The number of halogens is 1. The number of ether oxygens (including phenoxy) is 1. The number of benzene rings is 1. The topological polar surface area (TPSA) is 109 Å². The Labute approximate surface area is 147 Å². The molecule has 1 heterocycles. The van der Waals surface area contributed by atoms with Gasteiger partial charge in [-0.2, -0.15) is 0 Å². The maximum Gasteiger partial charge on any atom is 0.335 e. The van der Waals surface area contributed by atoms with Crippen LogP contribution in [-0.2, 0) is 4.79 Å². The van der Waals surface area contributed by atoms with Crippen LogP contribution in [0.2, 0.25) is 0 Å². The third-order valence-electron chi connectivity index (χ3n) is 3.37. The monoisotopic (exact) mass is 358 g/mol. The first kappa shape index (κ1) is 18.8. The summed E-state index contributed by atoms with van der Waals surface area (Å²) >= 11 is 0. The number of carboxylic acids is 1. The van der Waals surface area contributed by atoms with E-state index in [0.29, 0.717) is 11.9 Å². The number of aldehydes is 1. The standard InChI is InChI=1S/C18H15FN2O5/c1-3-11(18(24)25)5-4-10(2)9-26-16-12(19)6-7-13-15(16)17(23)21-14(8-22)20-13/h3-8H,1,9H2,2H3,(H,24,25)(H,20,21,23)/b10-4+,11-5+. The fraction of sp³-hybridized carbons (Fsp3) is 0.111. The quantitative estimate of drug-likeness (QED) is 0.447. The van der Waals surface area contributed by atoms with E-state index in [-0.39, 0.29) is 34.7 Å². The summed E-state index contributed by atoms with van der Waals surface area (Å²) in [7, 11) is 0. The highest BCUT2D eigenvalue weighted by Gasteiger charge is 2.15. The lowest BCUT2D eigenvalue weighted by molar-refractivity contribution is -0.132. The lowest BCUT2D eigenvalue weighted by atomic mass is 10.2. The molecular formula is C18H15FN2O5.